The van der Waals surface area contributed by atoms with Crippen molar-refractivity contribution in [2.24, 2.45) is 5.41 Å². The predicted octanol–water partition coefficient (Wildman–Crippen LogP) is 7.37. The molecule has 9 nitrogen and oxygen atoms in total. The van der Waals surface area contributed by atoms with Crippen molar-refractivity contribution in [1.29, 1.82) is 0 Å². The van der Waals surface area contributed by atoms with Gasteiger partial charge in [0.05, 0.1) is 48.1 Å². The molecule has 6 rings (SSSR count). The van der Waals surface area contributed by atoms with E-state index in [0.717, 1.165) is 47.7 Å². The minimum atomic E-state index is -0.582. The van der Waals surface area contributed by atoms with Crippen molar-refractivity contribution in [3.63, 3.8) is 0 Å². The Morgan fingerprint density at radius 1 is 1.15 bits per heavy atom. The van der Waals surface area contributed by atoms with Gasteiger partial charge in [-0.05, 0) is 63.1 Å². The van der Waals surface area contributed by atoms with E-state index in [-0.39, 0.29) is 29.8 Å². The first-order valence-electron chi connectivity index (χ1n) is 15.9. The molecule has 10 heteroatoms. The van der Waals surface area contributed by atoms with Crippen LogP contribution in [-0.2, 0) is 29.2 Å². The Morgan fingerprint density at radius 2 is 1.96 bits per heavy atom. The molecule has 0 amide bonds. The highest BCUT2D eigenvalue weighted by molar-refractivity contribution is 5.94. The van der Waals surface area contributed by atoms with Crippen molar-refractivity contribution in [2.75, 3.05) is 19.7 Å². The predicted molar refractivity (Wildman–Crippen MR) is 178 cm³/mol. The standard InChI is InChI=1S/C37H40FN5O4/c1-36(2,3)47-35(44)24-11-13-31-32(18-24)43(20-27-15-17-45-27)33(40-31)21-42-16-14-28(37(4,5)23-42)30-8-7-9-34(41-30)46-22-25-10-12-26(39-6)19-29(25)38/h7-14,18-19,27H,15-17,20-23H2,1-5H3/t27-/m0/s1. The number of hydrogen-bond donors (Lipinski definition) is 0. The molecule has 4 aromatic rings. The largest absolute Gasteiger partial charge is 0.473 e. The van der Waals surface area contributed by atoms with Gasteiger partial charge >= 0.3 is 5.97 Å². The Kier molecular flexibility index (Phi) is 8.88. The van der Waals surface area contributed by atoms with E-state index in [0.29, 0.717) is 36.6 Å². The van der Waals surface area contributed by atoms with Crippen molar-refractivity contribution in [2.45, 2.75) is 72.4 Å². The number of fused-ring (bicyclic) bond motifs is 1. The quantitative estimate of drug-likeness (QED) is 0.140. The zero-order valence-corrected chi connectivity index (χ0v) is 27.5. The van der Waals surface area contributed by atoms with E-state index in [9.17, 15) is 9.18 Å². The average molecular weight is 638 g/mol. The Balaban J connectivity index is 1.20. The number of carbonyl (C=O) groups excluding carboxylic acids is 1. The Bertz CT molecular complexity index is 1880. The number of aromatic nitrogens is 3. The third-order valence-electron chi connectivity index (χ3n) is 8.45. The van der Waals surface area contributed by atoms with Crippen LogP contribution in [0.2, 0.25) is 0 Å². The van der Waals surface area contributed by atoms with Crippen LogP contribution in [0, 0.1) is 17.8 Å². The lowest BCUT2D eigenvalue weighted by atomic mass is 9.79. The van der Waals surface area contributed by atoms with Crippen molar-refractivity contribution in [3.8, 4) is 5.88 Å². The second-order valence-corrected chi connectivity index (χ2v) is 13.8. The number of imidazole rings is 1. The van der Waals surface area contributed by atoms with Gasteiger partial charge < -0.3 is 18.8 Å². The number of nitrogens with zero attached hydrogens (tertiary/aromatic N) is 5. The Hall–Kier alpha value is -4.59. The summed E-state index contributed by atoms with van der Waals surface area (Å²) in [6, 6.07) is 15.6. The molecule has 1 saturated heterocycles. The number of pyridine rings is 1. The molecule has 1 fully saturated rings. The maximum Gasteiger partial charge on any atom is 0.338 e. The molecule has 0 spiro atoms. The molecular formula is C37H40FN5O4. The smallest absolute Gasteiger partial charge is 0.338 e. The van der Waals surface area contributed by atoms with E-state index in [1.807, 2.05) is 45.0 Å². The van der Waals surface area contributed by atoms with Crippen LogP contribution in [0.5, 0.6) is 5.88 Å². The van der Waals surface area contributed by atoms with Crippen LogP contribution in [0.25, 0.3) is 21.5 Å². The van der Waals surface area contributed by atoms with E-state index >= 15 is 0 Å². The second-order valence-electron chi connectivity index (χ2n) is 13.8. The van der Waals surface area contributed by atoms with Gasteiger partial charge in [-0.15, -0.1) is 0 Å². The first-order chi connectivity index (χ1) is 22.4. The number of benzene rings is 2. The van der Waals surface area contributed by atoms with E-state index in [2.05, 4.69) is 34.2 Å². The van der Waals surface area contributed by atoms with E-state index in [1.165, 1.54) is 6.07 Å². The van der Waals surface area contributed by atoms with Crippen LogP contribution in [0.3, 0.4) is 0 Å². The van der Waals surface area contributed by atoms with Crippen molar-refractivity contribution < 1.29 is 23.4 Å². The Morgan fingerprint density at radius 3 is 2.64 bits per heavy atom. The summed E-state index contributed by atoms with van der Waals surface area (Å²) in [5.41, 5.74) is 3.98. The summed E-state index contributed by atoms with van der Waals surface area (Å²) < 4.78 is 33.9. The van der Waals surface area contributed by atoms with Crippen LogP contribution in [0.4, 0.5) is 10.1 Å². The van der Waals surface area contributed by atoms with Gasteiger partial charge in [-0.2, -0.15) is 0 Å². The molecule has 0 saturated carbocycles. The summed E-state index contributed by atoms with van der Waals surface area (Å²) in [5, 5.41) is 0. The molecule has 47 heavy (non-hydrogen) atoms. The molecule has 2 aromatic carbocycles. The number of halogens is 1. The summed E-state index contributed by atoms with van der Waals surface area (Å²) in [7, 11) is 0. The second kappa shape index (κ2) is 12.9. The van der Waals surface area contributed by atoms with Crippen molar-refractivity contribution >= 4 is 28.3 Å². The fourth-order valence-electron chi connectivity index (χ4n) is 6.09. The van der Waals surface area contributed by atoms with E-state index in [1.54, 1.807) is 24.3 Å². The molecular weight excluding hydrogens is 597 g/mol. The molecule has 2 aromatic heterocycles. The summed E-state index contributed by atoms with van der Waals surface area (Å²) in [5.74, 6) is 0.514. The minimum absolute atomic E-state index is 0.0168. The molecule has 0 radical (unpaired) electrons. The highest BCUT2D eigenvalue weighted by Gasteiger charge is 2.33. The number of hydrogen-bond acceptors (Lipinski definition) is 7. The Labute approximate surface area is 274 Å². The lowest BCUT2D eigenvalue weighted by Gasteiger charge is -2.38. The average Bonchev–Trinajstić information content (AvgIpc) is 3.32. The van der Waals surface area contributed by atoms with Crippen molar-refractivity contribution in [3.05, 3.63) is 101 Å². The monoisotopic (exact) mass is 637 g/mol. The van der Waals surface area contributed by atoms with Gasteiger partial charge in [0.25, 0.3) is 0 Å². The normalized spacial score (nSPS) is 17.9. The van der Waals surface area contributed by atoms with Gasteiger partial charge in [-0.1, -0.05) is 38.1 Å². The third-order valence-corrected chi connectivity index (χ3v) is 8.45. The molecule has 0 unspecified atom stereocenters. The molecule has 2 aliphatic rings. The van der Waals surface area contributed by atoms with Gasteiger partial charge in [-0.3, -0.25) is 4.90 Å². The maximum atomic E-state index is 14.4. The van der Waals surface area contributed by atoms with Gasteiger partial charge in [0.1, 0.15) is 23.8 Å². The molecule has 4 heterocycles. The van der Waals surface area contributed by atoms with Gasteiger partial charge in [0, 0.05) is 36.7 Å². The molecule has 244 valence electrons. The molecule has 0 bridgehead atoms. The lowest BCUT2D eigenvalue weighted by molar-refractivity contribution is -0.0592. The van der Waals surface area contributed by atoms with Gasteiger partial charge in [0.15, 0.2) is 5.69 Å². The first kappa shape index (κ1) is 32.4. The molecule has 2 aliphatic heterocycles. The first-order valence-corrected chi connectivity index (χ1v) is 15.9. The highest BCUT2D eigenvalue weighted by Crippen LogP contribution is 2.38. The zero-order chi connectivity index (χ0) is 33.3. The lowest BCUT2D eigenvalue weighted by Crippen LogP contribution is -2.40. The number of ether oxygens (including phenoxy) is 3. The van der Waals surface area contributed by atoms with Crippen LogP contribution in [0.1, 0.15) is 68.5 Å². The SMILES string of the molecule is [C-]#[N+]c1ccc(COc2cccc(C3=CCN(Cc4nc5ccc(C(=O)OC(C)(C)C)cc5n4C[C@@H]4CCO4)CC3(C)C)n2)c(F)c1. The number of esters is 1. The summed E-state index contributed by atoms with van der Waals surface area (Å²) in [6.45, 7) is 20.6. The van der Waals surface area contributed by atoms with Crippen LogP contribution in [-0.4, -0.2) is 56.8 Å². The van der Waals surface area contributed by atoms with E-state index in [4.69, 9.17) is 30.8 Å². The summed E-state index contributed by atoms with van der Waals surface area (Å²) in [6.07, 6.45) is 3.32. The molecule has 0 aliphatic carbocycles. The molecule has 0 N–H and O–H groups in total. The van der Waals surface area contributed by atoms with Gasteiger partial charge in [0.2, 0.25) is 5.88 Å². The maximum absolute atomic E-state index is 14.4. The number of rotatable bonds is 9. The summed E-state index contributed by atoms with van der Waals surface area (Å²) in [4.78, 5) is 28.3. The minimum Gasteiger partial charge on any atom is -0.473 e. The fourth-order valence-corrected chi connectivity index (χ4v) is 6.09. The zero-order valence-electron chi connectivity index (χ0n) is 27.5. The number of carbonyl (C=O) groups is 1. The highest BCUT2D eigenvalue weighted by atomic mass is 19.1. The molecule has 1 atom stereocenters. The van der Waals surface area contributed by atoms with Gasteiger partial charge in [-0.25, -0.2) is 24.0 Å². The fraction of sp³-hybridized carbons (Fsp3) is 0.405. The van der Waals surface area contributed by atoms with Crippen LogP contribution in [0.15, 0.2) is 60.7 Å². The van der Waals surface area contributed by atoms with Crippen LogP contribution >= 0.6 is 0 Å². The third kappa shape index (κ3) is 7.37. The van der Waals surface area contributed by atoms with Crippen LogP contribution < -0.4 is 4.74 Å². The topological polar surface area (TPSA) is 83.1 Å². The van der Waals surface area contributed by atoms with Crippen molar-refractivity contribution in [1.82, 2.24) is 19.4 Å². The van der Waals surface area contributed by atoms with E-state index < -0.39 is 11.4 Å². The summed E-state index contributed by atoms with van der Waals surface area (Å²) >= 11 is 0.